The number of hydrogen-bond acceptors (Lipinski definition) is 3. The predicted octanol–water partition coefficient (Wildman–Crippen LogP) is 2.64. The van der Waals surface area contributed by atoms with Gasteiger partial charge in [0.05, 0.1) is 5.56 Å². The van der Waals surface area contributed by atoms with Crippen molar-refractivity contribution in [1.82, 2.24) is 0 Å². The zero-order chi connectivity index (χ0) is 13.0. The maximum absolute atomic E-state index is 8.82. The van der Waals surface area contributed by atoms with E-state index in [1.807, 2.05) is 25.2 Å². The van der Waals surface area contributed by atoms with E-state index in [-0.39, 0.29) is 5.84 Å². The number of anilines is 1. The predicted molar refractivity (Wildman–Crippen MR) is 74.8 cm³/mol. The van der Waals surface area contributed by atoms with Crippen LogP contribution in [0.3, 0.4) is 0 Å². The van der Waals surface area contributed by atoms with Crippen molar-refractivity contribution in [1.29, 1.82) is 0 Å². The van der Waals surface area contributed by atoms with Crippen LogP contribution >= 0.6 is 15.9 Å². The minimum atomic E-state index is 0.114. The number of rotatable bonds is 4. The van der Waals surface area contributed by atoms with Crippen molar-refractivity contribution >= 4 is 27.5 Å². The zero-order valence-corrected chi connectivity index (χ0v) is 11.9. The van der Waals surface area contributed by atoms with E-state index in [1.165, 1.54) is 0 Å². The van der Waals surface area contributed by atoms with Crippen molar-refractivity contribution in [3.8, 4) is 0 Å². The highest BCUT2D eigenvalue weighted by atomic mass is 79.9. The Morgan fingerprint density at radius 1 is 1.53 bits per heavy atom. The van der Waals surface area contributed by atoms with Crippen LogP contribution in [-0.4, -0.2) is 24.6 Å². The molecule has 0 heterocycles. The third-order valence-corrected chi connectivity index (χ3v) is 3.07. The normalized spacial score (nSPS) is 11.9. The lowest BCUT2D eigenvalue weighted by atomic mass is 10.1. The molecule has 0 atom stereocenters. The molecule has 0 spiro atoms. The molecule has 0 saturated carbocycles. The van der Waals surface area contributed by atoms with E-state index in [2.05, 4.69) is 39.8 Å². The minimum absolute atomic E-state index is 0.114. The number of halogens is 1. The van der Waals surface area contributed by atoms with Gasteiger partial charge in [-0.25, -0.2) is 0 Å². The second kappa shape index (κ2) is 5.91. The Balaban J connectivity index is 3.19. The fourth-order valence-electron chi connectivity index (χ4n) is 1.78. The molecule has 0 amide bonds. The Labute approximate surface area is 110 Å². The number of benzene rings is 1. The van der Waals surface area contributed by atoms with Crippen molar-refractivity contribution in [3.63, 3.8) is 0 Å². The van der Waals surface area contributed by atoms with E-state index in [1.54, 1.807) is 0 Å². The molecular formula is C12H18BrN3O. The van der Waals surface area contributed by atoms with Crippen molar-refractivity contribution in [2.45, 2.75) is 13.8 Å². The highest BCUT2D eigenvalue weighted by Gasteiger charge is 2.14. The summed E-state index contributed by atoms with van der Waals surface area (Å²) in [5.74, 6) is 0.655. The maximum Gasteiger partial charge on any atom is 0.173 e. The molecule has 5 heteroatoms. The van der Waals surface area contributed by atoms with Gasteiger partial charge in [-0.3, -0.25) is 0 Å². The summed E-state index contributed by atoms with van der Waals surface area (Å²) in [6.07, 6.45) is 0. The number of oxime groups is 1. The van der Waals surface area contributed by atoms with Crippen LogP contribution in [0.2, 0.25) is 0 Å². The maximum atomic E-state index is 8.82. The van der Waals surface area contributed by atoms with E-state index in [0.29, 0.717) is 5.92 Å². The Morgan fingerprint density at radius 3 is 2.71 bits per heavy atom. The summed E-state index contributed by atoms with van der Waals surface area (Å²) in [6, 6.07) is 5.77. The van der Waals surface area contributed by atoms with Crippen LogP contribution in [0.4, 0.5) is 5.69 Å². The van der Waals surface area contributed by atoms with E-state index in [9.17, 15) is 0 Å². The Kier molecular flexibility index (Phi) is 4.81. The number of amidine groups is 1. The number of nitrogens with two attached hydrogens (primary N) is 1. The molecule has 1 aromatic carbocycles. The summed E-state index contributed by atoms with van der Waals surface area (Å²) >= 11 is 3.42. The van der Waals surface area contributed by atoms with Crippen LogP contribution in [0.1, 0.15) is 19.4 Å². The molecule has 1 rings (SSSR count). The Hall–Kier alpha value is -1.23. The largest absolute Gasteiger partial charge is 0.409 e. The molecule has 1 aromatic rings. The molecule has 0 aliphatic carbocycles. The van der Waals surface area contributed by atoms with Gasteiger partial charge in [0.15, 0.2) is 5.84 Å². The number of nitrogens with zero attached hydrogens (tertiary/aromatic N) is 2. The van der Waals surface area contributed by atoms with E-state index in [4.69, 9.17) is 10.9 Å². The monoisotopic (exact) mass is 299 g/mol. The molecule has 0 aromatic heterocycles. The van der Waals surface area contributed by atoms with E-state index >= 15 is 0 Å². The summed E-state index contributed by atoms with van der Waals surface area (Å²) in [4.78, 5) is 2.10. The van der Waals surface area contributed by atoms with Gasteiger partial charge in [-0.05, 0) is 34.0 Å². The highest BCUT2D eigenvalue weighted by Crippen LogP contribution is 2.27. The van der Waals surface area contributed by atoms with E-state index < -0.39 is 0 Å². The molecule has 0 aliphatic heterocycles. The first-order chi connectivity index (χ1) is 7.97. The molecule has 0 saturated heterocycles. The van der Waals surface area contributed by atoms with Gasteiger partial charge in [0.1, 0.15) is 0 Å². The van der Waals surface area contributed by atoms with Crippen LogP contribution in [0, 0.1) is 5.92 Å². The molecule has 0 bridgehead atoms. The minimum Gasteiger partial charge on any atom is -0.409 e. The summed E-state index contributed by atoms with van der Waals surface area (Å²) < 4.78 is 0.820. The van der Waals surface area contributed by atoms with Crippen LogP contribution < -0.4 is 10.6 Å². The first kappa shape index (κ1) is 13.8. The third-order valence-electron chi connectivity index (χ3n) is 2.41. The lowest BCUT2D eigenvalue weighted by Crippen LogP contribution is -2.26. The van der Waals surface area contributed by atoms with Gasteiger partial charge in [-0.1, -0.05) is 25.1 Å². The van der Waals surface area contributed by atoms with Crippen molar-refractivity contribution in [2.75, 3.05) is 18.5 Å². The molecule has 94 valence electrons. The topological polar surface area (TPSA) is 61.8 Å². The molecule has 3 N–H and O–H groups in total. The van der Waals surface area contributed by atoms with Crippen LogP contribution in [0.25, 0.3) is 0 Å². The van der Waals surface area contributed by atoms with Gasteiger partial charge in [-0.15, -0.1) is 0 Å². The van der Waals surface area contributed by atoms with Crippen molar-refractivity contribution < 1.29 is 5.21 Å². The molecule has 0 aliphatic rings. The summed E-state index contributed by atoms with van der Waals surface area (Å²) in [5, 5.41) is 11.9. The summed E-state index contributed by atoms with van der Waals surface area (Å²) in [7, 11) is 2.00. The fraction of sp³-hybridized carbons (Fsp3) is 0.417. The van der Waals surface area contributed by atoms with Crippen LogP contribution in [0.5, 0.6) is 0 Å². The summed E-state index contributed by atoms with van der Waals surface area (Å²) in [6.45, 7) is 5.21. The lowest BCUT2D eigenvalue weighted by molar-refractivity contribution is 0.318. The SMILES string of the molecule is CC(C)CN(C)c1cccc(Br)c1/C(N)=N/O. The van der Waals surface area contributed by atoms with Crippen LogP contribution in [-0.2, 0) is 0 Å². The van der Waals surface area contributed by atoms with E-state index in [0.717, 1.165) is 22.3 Å². The third kappa shape index (κ3) is 3.36. The number of hydrogen-bond donors (Lipinski definition) is 2. The molecule has 17 heavy (non-hydrogen) atoms. The van der Waals surface area contributed by atoms with Crippen molar-refractivity contribution in [3.05, 3.63) is 28.2 Å². The average molecular weight is 300 g/mol. The molecule has 0 radical (unpaired) electrons. The van der Waals surface area contributed by atoms with Gasteiger partial charge in [0.25, 0.3) is 0 Å². The lowest BCUT2D eigenvalue weighted by Gasteiger charge is -2.24. The van der Waals surface area contributed by atoms with Gasteiger partial charge in [0, 0.05) is 23.8 Å². The van der Waals surface area contributed by atoms with Crippen molar-refractivity contribution in [2.24, 2.45) is 16.8 Å². The molecule has 0 fully saturated rings. The smallest absolute Gasteiger partial charge is 0.173 e. The first-order valence-electron chi connectivity index (χ1n) is 5.45. The fourth-order valence-corrected chi connectivity index (χ4v) is 2.34. The second-order valence-electron chi connectivity index (χ2n) is 4.39. The zero-order valence-electron chi connectivity index (χ0n) is 10.3. The summed E-state index contributed by atoms with van der Waals surface area (Å²) in [5.41, 5.74) is 7.38. The van der Waals surface area contributed by atoms with Gasteiger partial charge < -0.3 is 15.8 Å². The Morgan fingerprint density at radius 2 is 2.18 bits per heavy atom. The molecular weight excluding hydrogens is 282 g/mol. The Bertz CT molecular complexity index is 418. The standard InChI is InChI=1S/C12H18BrN3O/c1-8(2)7-16(3)10-6-4-5-9(13)11(10)12(14)15-17/h4-6,8,17H,7H2,1-3H3,(H2,14,15). The van der Waals surface area contributed by atoms with Gasteiger partial charge >= 0.3 is 0 Å². The molecule has 4 nitrogen and oxygen atoms in total. The molecule has 0 unspecified atom stereocenters. The van der Waals surface area contributed by atoms with Crippen LogP contribution in [0.15, 0.2) is 27.8 Å². The second-order valence-corrected chi connectivity index (χ2v) is 5.25. The highest BCUT2D eigenvalue weighted by molar-refractivity contribution is 9.10. The quantitative estimate of drug-likeness (QED) is 0.389. The van der Waals surface area contributed by atoms with Gasteiger partial charge in [0.2, 0.25) is 0 Å². The average Bonchev–Trinajstić information content (AvgIpc) is 2.26. The van der Waals surface area contributed by atoms with Gasteiger partial charge in [-0.2, -0.15) is 0 Å². The first-order valence-corrected chi connectivity index (χ1v) is 6.24.